The van der Waals surface area contributed by atoms with Gasteiger partial charge in [-0.3, -0.25) is 9.38 Å². The number of nitrogens with one attached hydrogen (secondary N) is 1. The quantitative estimate of drug-likeness (QED) is 0.493. The van der Waals surface area contributed by atoms with Gasteiger partial charge >= 0.3 is 6.09 Å². The maximum Gasteiger partial charge on any atom is 0.410 e. The van der Waals surface area contributed by atoms with Gasteiger partial charge in [0, 0.05) is 24.8 Å². The van der Waals surface area contributed by atoms with Crippen LogP contribution in [0, 0.1) is 0 Å². The molecule has 2 atom stereocenters. The van der Waals surface area contributed by atoms with E-state index in [4.69, 9.17) is 9.72 Å². The summed E-state index contributed by atoms with van der Waals surface area (Å²) in [7, 11) is 0. The average molecular weight is 443 g/mol. The van der Waals surface area contributed by atoms with Crippen molar-refractivity contribution in [3.63, 3.8) is 0 Å². The van der Waals surface area contributed by atoms with Crippen molar-refractivity contribution in [1.29, 1.82) is 0 Å². The van der Waals surface area contributed by atoms with Gasteiger partial charge in [-0.25, -0.2) is 14.8 Å². The first-order valence-corrected chi connectivity index (χ1v) is 11.2. The number of ether oxygens (including phenoxy) is 1. The number of likely N-dealkylation sites (tertiary alicyclic amines) is 1. The van der Waals surface area contributed by atoms with Crippen molar-refractivity contribution in [3.8, 4) is 11.4 Å². The van der Waals surface area contributed by atoms with E-state index in [1.807, 2.05) is 59.1 Å². The maximum atomic E-state index is 12.8. The lowest BCUT2D eigenvalue weighted by Crippen LogP contribution is -2.49. The Balaban J connectivity index is 1.26. The molecule has 3 aromatic heterocycles. The number of rotatable bonds is 5. The highest BCUT2D eigenvalue weighted by Crippen LogP contribution is 2.23. The fraction of sp³-hybridized carbons (Fsp3) is 0.280. The second-order valence-corrected chi connectivity index (χ2v) is 8.32. The Morgan fingerprint density at radius 1 is 1.09 bits per heavy atom. The van der Waals surface area contributed by atoms with Crippen molar-refractivity contribution in [3.05, 3.63) is 78.9 Å². The van der Waals surface area contributed by atoms with Gasteiger partial charge in [-0.1, -0.05) is 36.4 Å². The molecule has 8 heteroatoms. The molecule has 168 valence electrons. The standard InChI is InChI=1S/C25H26N6O2/c1-18-10-11-20(16-31(18)25(32)33-17-19-7-3-2-4-8-19)28-23-15-26-13-21(29-23)22-14-27-24-9-5-6-12-30(22)24/h2-9,12-15,18,20H,10-11,16-17H2,1H3,(H,28,29)/t18-,20+/m0/s1. The first-order chi connectivity index (χ1) is 16.2. The van der Waals surface area contributed by atoms with Crippen molar-refractivity contribution in [1.82, 2.24) is 24.3 Å². The first-order valence-electron chi connectivity index (χ1n) is 11.2. The summed E-state index contributed by atoms with van der Waals surface area (Å²) in [4.78, 5) is 28.1. The SMILES string of the molecule is C[C@H]1CC[C@@H](Nc2cncc(-c3cnc4ccccn34)n2)CN1C(=O)OCc1ccccc1. The number of nitrogens with zero attached hydrogens (tertiary/aromatic N) is 5. The lowest BCUT2D eigenvalue weighted by Gasteiger charge is -2.37. The molecule has 0 bridgehead atoms. The van der Waals surface area contributed by atoms with E-state index in [1.54, 1.807) is 23.5 Å². The summed E-state index contributed by atoms with van der Waals surface area (Å²) in [5.74, 6) is 0.676. The molecule has 1 aliphatic heterocycles. The van der Waals surface area contributed by atoms with Crippen LogP contribution in [0.1, 0.15) is 25.3 Å². The third-order valence-electron chi connectivity index (χ3n) is 5.99. The number of hydrogen-bond donors (Lipinski definition) is 1. The van der Waals surface area contributed by atoms with Crippen LogP contribution in [0.15, 0.2) is 73.3 Å². The number of benzene rings is 1. The molecule has 0 spiro atoms. The largest absolute Gasteiger partial charge is 0.445 e. The molecule has 4 aromatic rings. The number of imidazole rings is 1. The van der Waals surface area contributed by atoms with Gasteiger partial charge in [-0.15, -0.1) is 0 Å². The zero-order valence-corrected chi connectivity index (χ0v) is 18.5. The molecule has 1 aromatic carbocycles. The van der Waals surface area contributed by atoms with Crippen LogP contribution in [0.2, 0.25) is 0 Å². The molecule has 8 nitrogen and oxygen atoms in total. The van der Waals surface area contributed by atoms with E-state index in [9.17, 15) is 4.79 Å². The summed E-state index contributed by atoms with van der Waals surface area (Å²) in [5.41, 5.74) is 3.45. The Morgan fingerprint density at radius 3 is 2.82 bits per heavy atom. The summed E-state index contributed by atoms with van der Waals surface area (Å²) >= 11 is 0. The molecule has 5 rings (SSSR count). The minimum atomic E-state index is -0.289. The molecule has 0 aliphatic carbocycles. The third-order valence-corrected chi connectivity index (χ3v) is 5.99. The van der Waals surface area contributed by atoms with Gasteiger partial charge in [0.1, 0.15) is 23.8 Å². The van der Waals surface area contributed by atoms with Crippen molar-refractivity contribution in [2.75, 3.05) is 11.9 Å². The Bertz CT molecular complexity index is 1240. The maximum absolute atomic E-state index is 12.8. The number of aromatic nitrogens is 4. The predicted molar refractivity (Wildman–Crippen MR) is 126 cm³/mol. The van der Waals surface area contributed by atoms with E-state index in [-0.39, 0.29) is 24.8 Å². The van der Waals surface area contributed by atoms with Crippen LogP contribution in [0.5, 0.6) is 0 Å². The van der Waals surface area contributed by atoms with Crippen molar-refractivity contribution < 1.29 is 9.53 Å². The van der Waals surface area contributed by atoms with E-state index in [0.29, 0.717) is 12.4 Å². The molecule has 1 aliphatic rings. The van der Waals surface area contributed by atoms with Crippen molar-refractivity contribution in [2.24, 2.45) is 0 Å². The minimum Gasteiger partial charge on any atom is -0.445 e. The van der Waals surface area contributed by atoms with E-state index < -0.39 is 0 Å². The Morgan fingerprint density at radius 2 is 1.94 bits per heavy atom. The summed E-state index contributed by atoms with van der Waals surface area (Å²) in [6.07, 6.45) is 8.74. The van der Waals surface area contributed by atoms with Crippen LogP contribution in [0.4, 0.5) is 10.6 Å². The predicted octanol–water partition coefficient (Wildman–Crippen LogP) is 4.39. The third kappa shape index (κ3) is 4.64. The van der Waals surface area contributed by atoms with Crippen molar-refractivity contribution >= 4 is 17.6 Å². The smallest absolute Gasteiger partial charge is 0.410 e. The Labute approximate surface area is 192 Å². The van der Waals surface area contributed by atoms with Crippen LogP contribution in [-0.4, -0.2) is 49.0 Å². The summed E-state index contributed by atoms with van der Waals surface area (Å²) in [6.45, 7) is 2.88. The molecule has 0 saturated carbocycles. The monoisotopic (exact) mass is 442 g/mol. The molecule has 4 heterocycles. The molecule has 0 unspecified atom stereocenters. The number of carbonyl (C=O) groups excluding carboxylic acids is 1. The normalized spacial score (nSPS) is 18.3. The van der Waals surface area contributed by atoms with E-state index >= 15 is 0 Å². The Kier molecular flexibility index (Phi) is 5.89. The summed E-state index contributed by atoms with van der Waals surface area (Å²) in [6, 6.07) is 15.8. The molecule has 0 radical (unpaired) electrons. The fourth-order valence-electron chi connectivity index (χ4n) is 4.17. The molecule has 33 heavy (non-hydrogen) atoms. The van der Waals surface area contributed by atoms with Gasteiger partial charge in [0.15, 0.2) is 0 Å². The van der Waals surface area contributed by atoms with E-state index in [0.717, 1.165) is 35.4 Å². The van der Waals surface area contributed by atoms with Gasteiger partial charge in [0.05, 0.1) is 24.3 Å². The Hall–Kier alpha value is -3.94. The van der Waals surface area contributed by atoms with E-state index in [2.05, 4.69) is 22.2 Å². The van der Waals surface area contributed by atoms with Crippen LogP contribution < -0.4 is 5.32 Å². The van der Waals surface area contributed by atoms with Gasteiger partial charge in [-0.05, 0) is 37.5 Å². The summed E-state index contributed by atoms with van der Waals surface area (Å²) in [5, 5.41) is 3.46. The second kappa shape index (κ2) is 9.28. The summed E-state index contributed by atoms with van der Waals surface area (Å²) < 4.78 is 7.55. The fourth-order valence-corrected chi connectivity index (χ4v) is 4.17. The zero-order valence-electron chi connectivity index (χ0n) is 18.5. The highest BCUT2D eigenvalue weighted by Gasteiger charge is 2.30. The van der Waals surface area contributed by atoms with Gasteiger partial charge in [-0.2, -0.15) is 0 Å². The zero-order chi connectivity index (χ0) is 22.6. The molecule has 1 N–H and O–H groups in total. The second-order valence-electron chi connectivity index (χ2n) is 8.32. The minimum absolute atomic E-state index is 0.0669. The first kappa shape index (κ1) is 20.9. The molecular formula is C25H26N6O2. The lowest BCUT2D eigenvalue weighted by atomic mass is 10.00. The number of piperidine rings is 1. The average Bonchev–Trinajstić information content (AvgIpc) is 3.29. The van der Waals surface area contributed by atoms with Crippen LogP contribution in [0.3, 0.4) is 0 Å². The number of carbonyl (C=O) groups is 1. The molecule has 1 amide bonds. The highest BCUT2D eigenvalue weighted by molar-refractivity contribution is 5.68. The van der Waals surface area contributed by atoms with Crippen LogP contribution in [-0.2, 0) is 11.3 Å². The van der Waals surface area contributed by atoms with Crippen LogP contribution >= 0.6 is 0 Å². The number of pyridine rings is 1. The van der Waals surface area contributed by atoms with E-state index in [1.165, 1.54) is 0 Å². The highest BCUT2D eigenvalue weighted by atomic mass is 16.6. The molecular weight excluding hydrogens is 416 g/mol. The lowest BCUT2D eigenvalue weighted by molar-refractivity contribution is 0.0696. The van der Waals surface area contributed by atoms with Gasteiger partial charge in [0.25, 0.3) is 0 Å². The van der Waals surface area contributed by atoms with Gasteiger partial charge < -0.3 is 15.0 Å². The molecule has 1 fully saturated rings. The topological polar surface area (TPSA) is 84.7 Å². The van der Waals surface area contributed by atoms with Crippen molar-refractivity contribution in [2.45, 2.75) is 38.5 Å². The van der Waals surface area contributed by atoms with Crippen LogP contribution in [0.25, 0.3) is 17.0 Å². The number of anilines is 1. The number of hydrogen-bond acceptors (Lipinski definition) is 6. The molecule has 1 saturated heterocycles. The van der Waals surface area contributed by atoms with Gasteiger partial charge in [0.2, 0.25) is 0 Å². The number of amides is 1. The number of fused-ring (bicyclic) bond motifs is 1.